The number of methoxy groups -OCH3 is 2. The summed E-state index contributed by atoms with van der Waals surface area (Å²) in [4.78, 5) is 2.22. The lowest BCUT2D eigenvalue weighted by molar-refractivity contribution is 0.137. The van der Waals surface area contributed by atoms with Crippen LogP contribution < -0.4 is 9.47 Å². The van der Waals surface area contributed by atoms with Gasteiger partial charge in [-0.1, -0.05) is 11.2 Å². The monoisotopic (exact) mass is 332 g/mol. The lowest BCUT2D eigenvalue weighted by Gasteiger charge is -2.19. The van der Waals surface area contributed by atoms with Crippen LogP contribution in [0.4, 0.5) is 0 Å². The van der Waals surface area contributed by atoms with Crippen LogP contribution in [-0.2, 0) is 13.0 Å². The summed E-state index contributed by atoms with van der Waals surface area (Å²) in [6.07, 6.45) is 0.317. The smallest absolute Gasteiger partial charge is 0.137 e. The number of aliphatic hydroxyl groups excluding tert-OH is 1. The first kappa shape index (κ1) is 16.8. The normalized spacial score (nSPS) is 21.2. The van der Waals surface area contributed by atoms with Crippen LogP contribution in [-0.4, -0.2) is 48.6 Å². The molecule has 130 valence electrons. The molecule has 0 radical (unpaired) electrons. The van der Waals surface area contributed by atoms with E-state index < -0.39 is 0 Å². The Morgan fingerprint density at radius 1 is 1.25 bits per heavy atom. The van der Waals surface area contributed by atoms with Crippen molar-refractivity contribution < 1.29 is 19.1 Å². The topological polar surface area (TPSA) is 68.0 Å². The largest absolute Gasteiger partial charge is 0.496 e. The van der Waals surface area contributed by atoms with Gasteiger partial charge < -0.3 is 19.1 Å². The van der Waals surface area contributed by atoms with E-state index in [1.807, 2.05) is 31.2 Å². The maximum Gasteiger partial charge on any atom is 0.137 e. The summed E-state index contributed by atoms with van der Waals surface area (Å²) in [6, 6.07) is 7.70. The fourth-order valence-electron chi connectivity index (χ4n) is 3.35. The highest BCUT2D eigenvalue weighted by Gasteiger charge is 2.33. The number of ether oxygens (including phenoxy) is 2. The first-order chi connectivity index (χ1) is 11.6. The van der Waals surface area contributed by atoms with Crippen LogP contribution in [0.25, 0.3) is 0 Å². The molecular formula is C18H24N2O4. The highest BCUT2D eigenvalue weighted by atomic mass is 16.5. The van der Waals surface area contributed by atoms with E-state index >= 15 is 0 Å². The van der Waals surface area contributed by atoms with Gasteiger partial charge in [0.1, 0.15) is 17.3 Å². The zero-order valence-corrected chi connectivity index (χ0v) is 14.4. The number of nitrogens with zero attached hydrogens (tertiary/aromatic N) is 2. The van der Waals surface area contributed by atoms with Crippen LogP contribution in [0.3, 0.4) is 0 Å². The molecule has 1 fully saturated rings. The predicted octanol–water partition coefficient (Wildman–Crippen LogP) is 2.04. The van der Waals surface area contributed by atoms with Crippen molar-refractivity contribution in [3.8, 4) is 11.5 Å². The third-order valence-electron chi connectivity index (χ3n) is 4.53. The third kappa shape index (κ3) is 3.55. The predicted molar refractivity (Wildman–Crippen MR) is 89.3 cm³/mol. The number of aromatic nitrogens is 1. The van der Waals surface area contributed by atoms with Crippen molar-refractivity contribution in [2.24, 2.45) is 5.92 Å². The summed E-state index contributed by atoms with van der Waals surface area (Å²) in [7, 11) is 3.32. The van der Waals surface area contributed by atoms with Gasteiger partial charge in [-0.05, 0) is 19.1 Å². The summed E-state index contributed by atoms with van der Waals surface area (Å²) >= 11 is 0. The number of rotatable bonds is 6. The second kappa shape index (κ2) is 7.23. The molecule has 24 heavy (non-hydrogen) atoms. The van der Waals surface area contributed by atoms with Crippen molar-refractivity contribution in [3.05, 3.63) is 41.3 Å². The highest BCUT2D eigenvalue weighted by Crippen LogP contribution is 2.32. The average molecular weight is 332 g/mol. The summed E-state index contributed by atoms with van der Waals surface area (Å²) in [5.41, 5.74) is 1.87. The van der Waals surface area contributed by atoms with E-state index in [2.05, 4.69) is 10.1 Å². The molecule has 0 unspecified atom stereocenters. The number of aryl methyl sites for hydroxylation is 1. The van der Waals surface area contributed by atoms with Crippen LogP contribution in [0.15, 0.2) is 28.8 Å². The van der Waals surface area contributed by atoms with Gasteiger partial charge in [-0.25, -0.2) is 0 Å². The molecule has 0 saturated carbocycles. The number of hydrogen-bond donors (Lipinski definition) is 1. The van der Waals surface area contributed by atoms with Crippen LogP contribution >= 0.6 is 0 Å². The molecule has 1 N–H and O–H groups in total. The van der Waals surface area contributed by atoms with E-state index in [-0.39, 0.29) is 12.0 Å². The van der Waals surface area contributed by atoms with Gasteiger partial charge in [0.05, 0.1) is 31.6 Å². The number of hydrogen-bond acceptors (Lipinski definition) is 6. The van der Waals surface area contributed by atoms with E-state index in [9.17, 15) is 5.11 Å². The Balaban J connectivity index is 1.69. The average Bonchev–Trinajstić information content (AvgIpc) is 3.13. The molecule has 6 nitrogen and oxygen atoms in total. The minimum Gasteiger partial charge on any atom is -0.496 e. The van der Waals surface area contributed by atoms with Crippen molar-refractivity contribution in [3.63, 3.8) is 0 Å². The van der Waals surface area contributed by atoms with E-state index in [1.54, 1.807) is 14.2 Å². The third-order valence-corrected chi connectivity index (χ3v) is 4.53. The molecule has 0 aliphatic carbocycles. The SMILES string of the molecule is COc1cccc(OC)c1CN1C[C@@H](Cc2cc(C)no2)[C@H](O)C1. The molecular weight excluding hydrogens is 308 g/mol. The molecule has 0 spiro atoms. The molecule has 0 amide bonds. The molecule has 1 aromatic heterocycles. The van der Waals surface area contributed by atoms with E-state index in [1.165, 1.54) is 0 Å². The van der Waals surface area contributed by atoms with Gasteiger partial charge in [0.2, 0.25) is 0 Å². The summed E-state index contributed by atoms with van der Waals surface area (Å²) in [5.74, 6) is 2.57. The van der Waals surface area contributed by atoms with Crippen molar-refractivity contribution in [2.75, 3.05) is 27.3 Å². The Labute approximate surface area is 142 Å². The molecule has 2 aromatic rings. The molecule has 2 heterocycles. The van der Waals surface area contributed by atoms with Gasteiger partial charge in [-0.2, -0.15) is 0 Å². The fraction of sp³-hybridized carbons (Fsp3) is 0.500. The molecule has 1 aliphatic heterocycles. The van der Waals surface area contributed by atoms with Crippen molar-refractivity contribution in [1.82, 2.24) is 10.1 Å². The van der Waals surface area contributed by atoms with Gasteiger partial charge in [0, 0.05) is 38.0 Å². The highest BCUT2D eigenvalue weighted by molar-refractivity contribution is 5.44. The van der Waals surface area contributed by atoms with Crippen LogP contribution in [0, 0.1) is 12.8 Å². The number of β-amino-alcohol motifs (C(OH)–C–C–N with tert-alkyl or cyclic N) is 1. The van der Waals surface area contributed by atoms with Crippen molar-refractivity contribution in [2.45, 2.75) is 26.0 Å². The lowest BCUT2D eigenvalue weighted by Crippen LogP contribution is -2.22. The molecule has 0 bridgehead atoms. The van der Waals surface area contributed by atoms with E-state index in [0.29, 0.717) is 19.5 Å². The number of likely N-dealkylation sites (tertiary alicyclic amines) is 1. The Kier molecular flexibility index (Phi) is 5.06. The standard InChI is InChI=1S/C18H24N2O4/c1-12-7-14(24-19-12)8-13-9-20(11-16(13)21)10-15-17(22-2)5-4-6-18(15)23-3/h4-7,13,16,21H,8-11H2,1-3H3/t13-,16-/m1/s1. The van der Waals surface area contributed by atoms with Crippen molar-refractivity contribution >= 4 is 0 Å². The zero-order valence-electron chi connectivity index (χ0n) is 14.4. The molecule has 6 heteroatoms. The molecule has 1 aromatic carbocycles. The Morgan fingerprint density at radius 3 is 2.54 bits per heavy atom. The van der Waals surface area contributed by atoms with Gasteiger partial charge in [-0.15, -0.1) is 0 Å². The second-order valence-corrected chi connectivity index (χ2v) is 6.30. The second-order valence-electron chi connectivity index (χ2n) is 6.30. The molecule has 1 saturated heterocycles. The van der Waals surface area contributed by atoms with Gasteiger partial charge in [0.15, 0.2) is 0 Å². The fourth-order valence-corrected chi connectivity index (χ4v) is 3.35. The lowest BCUT2D eigenvalue weighted by atomic mass is 10.0. The zero-order chi connectivity index (χ0) is 17.1. The minimum absolute atomic E-state index is 0.137. The first-order valence-corrected chi connectivity index (χ1v) is 8.13. The Morgan fingerprint density at radius 2 is 1.96 bits per heavy atom. The minimum atomic E-state index is -0.379. The maximum atomic E-state index is 10.4. The van der Waals surface area contributed by atoms with Crippen LogP contribution in [0.1, 0.15) is 17.0 Å². The molecule has 2 atom stereocenters. The van der Waals surface area contributed by atoms with Crippen LogP contribution in [0.2, 0.25) is 0 Å². The number of aliphatic hydroxyl groups is 1. The first-order valence-electron chi connectivity index (χ1n) is 8.13. The quantitative estimate of drug-likeness (QED) is 0.873. The van der Waals surface area contributed by atoms with Crippen LogP contribution in [0.5, 0.6) is 11.5 Å². The molecule has 1 aliphatic rings. The Hall–Kier alpha value is -2.05. The summed E-state index contributed by atoms with van der Waals surface area (Å²) < 4.78 is 16.2. The number of benzene rings is 1. The van der Waals surface area contributed by atoms with Gasteiger partial charge in [-0.3, -0.25) is 4.90 Å². The maximum absolute atomic E-state index is 10.4. The van der Waals surface area contributed by atoms with Gasteiger partial charge >= 0.3 is 0 Å². The van der Waals surface area contributed by atoms with E-state index in [0.717, 1.165) is 35.1 Å². The summed E-state index contributed by atoms with van der Waals surface area (Å²) in [6.45, 7) is 4.00. The van der Waals surface area contributed by atoms with Crippen molar-refractivity contribution in [1.29, 1.82) is 0 Å². The Bertz CT molecular complexity index is 663. The van der Waals surface area contributed by atoms with E-state index in [4.69, 9.17) is 14.0 Å². The van der Waals surface area contributed by atoms with Gasteiger partial charge in [0.25, 0.3) is 0 Å². The summed E-state index contributed by atoms with van der Waals surface area (Å²) in [5, 5.41) is 14.3. The molecule has 3 rings (SSSR count).